The van der Waals surface area contributed by atoms with Gasteiger partial charge in [-0.05, 0) is 25.2 Å². The van der Waals surface area contributed by atoms with Gasteiger partial charge in [0.2, 0.25) is 11.9 Å². The lowest BCUT2D eigenvalue weighted by molar-refractivity contribution is -0.116. The van der Waals surface area contributed by atoms with Crippen molar-refractivity contribution in [3.63, 3.8) is 0 Å². The predicted molar refractivity (Wildman–Crippen MR) is 103 cm³/mol. The molecule has 144 valence electrons. The number of nitrogens with zero attached hydrogens (tertiary/aromatic N) is 4. The normalized spacial score (nSPS) is 15.0. The van der Waals surface area contributed by atoms with Gasteiger partial charge in [-0.15, -0.1) is 0 Å². The van der Waals surface area contributed by atoms with Crippen molar-refractivity contribution in [3.8, 4) is 0 Å². The quantitative estimate of drug-likeness (QED) is 0.718. The third-order valence-corrected chi connectivity index (χ3v) is 4.47. The molecule has 0 radical (unpaired) electrons. The minimum absolute atomic E-state index is 0.204. The van der Waals surface area contributed by atoms with E-state index >= 15 is 0 Å². The van der Waals surface area contributed by atoms with Gasteiger partial charge in [0.1, 0.15) is 5.82 Å². The maximum Gasteiger partial charge on any atom is 0.225 e. The number of hydrogen-bond donors (Lipinski definition) is 2. The van der Waals surface area contributed by atoms with E-state index in [9.17, 15) is 9.18 Å². The van der Waals surface area contributed by atoms with E-state index in [0.29, 0.717) is 13.1 Å². The van der Waals surface area contributed by atoms with Gasteiger partial charge >= 0.3 is 0 Å². The summed E-state index contributed by atoms with van der Waals surface area (Å²) < 4.78 is 13.5. The van der Waals surface area contributed by atoms with Crippen LogP contribution in [0.4, 0.5) is 16.0 Å². The largest absolute Gasteiger partial charge is 0.338 e. The number of rotatable bonds is 7. The van der Waals surface area contributed by atoms with Gasteiger partial charge in [-0.25, -0.2) is 14.4 Å². The molecule has 1 aliphatic heterocycles. The van der Waals surface area contributed by atoms with Gasteiger partial charge in [0.25, 0.3) is 0 Å². The number of benzene rings is 1. The Morgan fingerprint density at radius 3 is 2.74 bits per heavy atom. The van der Waals surface area contributed by atoms with E-state index in [1.807, 2.05) is 6.07 Å². The number of carbonyl (C=O) groups is 1. The van der Waals surface area contributed by atoms with E-state index in [1.165, 1.54) is 6.07 Å². The molecule has 1 aromatic carbocycles. The van der Waals surface area contributed by atoms with Gasteiger partial charge in [-0.3, -0.25) is 4.79 Å². The average molecular weight is 372 g/mol. The third-order valence-electron chi connectivity index (χ3n) is 4.47. The fraction of sp³-hybridized carbons (Fsp3) is 0.421. The van der Waals surface area contributed by atoms with Crippen LogP contribution in [-0.4, -0.2) is 60.5 Å². The van der Waals surface area contributed by atoms with Crippen LogP contribution in [0.1, 0.15) is 12.1 Å². The van der Waals surface area contributed by atoms with Gasteiger partial charge < -0.3 is 20.4 Å². The number of halogens is 1. The summed E-state index contributed by atoms with van der Waals surface area (Å²) in [5, 5.41) is 5.77. The number of likely N-dealkylation sites (N-methyl/N-ethyl adjacent to an activating group) is 1. The van der Waals surface area contributed by atoms with Crippen molar-refractivity contribution in [1.29, 1.82) is 0 Å². The van der Waals surface area contributed by atoms with Crippen LogP contribution in [-0.2, 0) is 11.3 Å². The Labute approximate surface area is 158 Å². The minimum atomic E-state index is -0.434. The molecular formula is C19H25FN6O. The number of aromatic nitrogens is 2. The first-order valence-corrected chi connectivity index (χ1v) is 9.12. The third kappa shape index (κ3) is 5.70. The van der Waals surface area contributed by atoms with Gasteiger partial charge in [-0.1, -0.05) is 12.1 Å². The van der Waals surface area contributed by atoms with Crippen molar-refractivity contribution in [2.24, 2.45) is 0 Å². The van der Waals surface area contributed by atoms with Crippen molar-refractivity contribution in [1.82, 2.24) is 20.2 Å². The highest BCUT2D eigenvalue weighted by Gasteiger charge is 2.16. The average Bonchev–Trinajstić information content (AvgIpc) is 2.68. The number of anilines is 2. The lowest BCUT2D eigenvalue weighted by Gasteiger charge is -2.32. The van der Waals surface area contributed by atoms with E-state index in [1.54, 1.807) is 24.4 Å². The van der Waals surface area contributed by atoms with E-state index in [2.05, 4.69) is 37.4 Å². The Bertz CT molecular complexity index is 763. The summed E-state index contributed by atoms with van der Waals surface area (Å²) in [4.78, 5) is 25.4. The molecular weight excluding hydrogens is 347 g/mol. The Balaban J connectivity index is 1.42. The van der Waals surface area contributed by atoms with Crippen LogP contribution in [0.3, 0.4) is 0 Å². The first-order chi connectivity index (χ1) is 13.1. The number of nitrogens with one attached hydrogen (secondary N) is 2. The predicted octanol–water partition coefficient (Wildman–Crippen LogP) is 1.49. The molecule has 1 saturated heterocycles. The van der Waals surface area contributed by atoms with Crippen molar-refractivity contribution < 1.29 is 9.18 Å². The summed E-state index contributed by atoms with van der Waals surface area (Å²) >= 11 is 0. The van der Waals surface area contributed by atoms with E-state index in [-0.39, 0.29) is 18.0 Å². The molecule has 0 atom stereocenters. The first kappa shape index (κ1) is 19.2. The molecule has 0 bridgehead atoms. The number of hydrogen-bond acceptors (Lipinski definition) is 6. The van der Waals surface area contributed by atoms with Crippen LogP contribution in [0.25, 0.3) is 0 Å². The molecule has 2 heterocycles. The molecule has 2 N–H and O–H groups in total. The second kappa shape index (κ2) is 9.38. The Morgan fingerprint density at radius 2 is 1.96 bits per heavy atom. The van der Waals surface area contributed by atoms with E-state index < -0.39 is 5.82 Å². The summed E-state index contributed by atoms with van der Waals surface area (Å²) in [5.41, 5.74) is 1.09. The van der Waals surface area contributed by atoms with Crippen LogP contribution in [0.15, 0.2) is 36.5 Å². The molecule has 7 nitrogen and oxygen atoms in total. The highest BCUT2D eigenvalue weighted by molar-refractivity contribution is 5.90. The Hall–Kier alpha value is -2.58. The second-order valence-electron chi connectivity index (χ2n) is 6.59. The zero-order valence-electron chi connectivity index (χ0n) is 15.5. The van der Waals surface area contributed by atoms with Crippen LogP contribution >= 0.6 is 0 Å². The zero-order valence-corrected chi connectivity index (χ0v) is 15.5. The summed E-state index contributed by atoms with van der Waals surface area (Å²) in [7, 11) is 2.11. The standard InChI is InChI=1S/C19H25FN6O/c1-25-10-12-26(13-11-25)19-22-9-6-15(23-19)14-21-8-7-18(27)24-17-5-3-2-4-16(17)20/h2-6,9,21H,7-8,10-14H2,1H3,(H,24,27). The molecule has 1 aromatic heterocycles. The molecule has 0 aliphatic carbocycles. The topological polar surface area (TPSA) is 73.4 Å². The summed E-state index contributed by atoms with van der Waals surface area (Å²) in [6.07, 6.45) is 2.02. The number of para-hydroxylation sites is 1. The van der Waals surface area contributed by atoms with Crippen molar-refractivity contribution in [3.05, 3.63) is 48.0 Å². The summed E-state index contributed by atoms with van der Waals surface area (Å²) in [6.45, 7) is 4.88. The lowest BCUT2D eigenvalue weighted by Crippen LogP contribution is -2.45. The number of amides is 1. The van der Waals surface area contributed by atoms with E-state index in [4.69, 9.17) is 0 Å². The van der Waals surface area contributed by atoms with Gasteiger partial charge in [0.15, 0.2) is 0 Å². The fourth-order valence-electron chi connectivity index (χ4n) is 2.84. The Kier molecular flexibility index (Phi) is 6.67. The van der Waals surface area contributed by atoms with Crippen molar-refractivity contribution >= 4 is 17.5 Å². The minimum Gasteiger partial charge on any atom is -0.338 e. The number of carbonyl (C=O) groups excluding carboxylic acids is 1. The zero-order chi connectivity index (χ0) is 19.1. The molecule has 3 rings (SSSR count). The van der Waals surface area contributed by atoms with Gasteiger partial charge in [-0.2, -0.15) is 0 Å². The van der Waals surface area contributed by atoms with Crippen molar-refractivity contribution in [2.45, 2.75) is 13.0 Å². The van der Waals surface area contributed by atoms with Crippen LogP contribution in [0, 0.1) is 5.82 Å². The smallest absolute Gasteiger partial charge is 0.225 e. The maximum absolute atomic E-state index is 13.5. The SMILES string of the molecule is CN1CCN(c2nccc(CNCCC(=O)Nc3ccccc3F)n2)CC1. The molecule has 1 aliphatic rings. The number of piperazine rings is 1. The highest BCUT2D eigenvalue weighted by Crippen LogP contribution is 2.12. The molecule has 2 aromatic rings. The molecule has 0 spiro atoms. The molecule has 0 unspecified atom stereocenters. The molecule has 8 heteroatoms. The Morgan fingerprint density at radius 1 is 1.19 bits per heavy atom. The van der Waals surface area contributed by atoms with Crippen LogP contribution in [0.2, 0.25) is 0 Å². The van der Waals surface area contributed by atoms with Gasteiger partial charge in [0, 0.05) is 51.9 Å². The molecule has 1 amide bonds. The molecule has 1 fully saturated rings. The summed E-state index contributed by atoms with van der Waals surface area (Å²) in [6, 6.07) is 8.00. The van der Waals surface area contributed by atoms with Gasteiger partial charge in [0.05, 0.1) is 11.4 Å². The summed E-state index contributed by atoms with van der Waals surface area (Å²) in [5.74, 6) is 0.0874. The highest BCUT2D eigenvalue weighted by atomic mass is 19.1. The maximum atomic E-state index is 13.5. The first-order valence-electron chi connectivity index (χ1n) is 9.12. The molecule has 27 heavy (non-hydrogen) atoms. The molecule has 0 saturated carbocycles. The monoisotopic (exact) mass is 372 g/mol. The van der Waals surface area contributed by atoms with Crippen molar-refractivity contribution in [2.75, 3.05) is 50.0 Å². The fourth-order valence-corrected chi connectivity index (χ4v) is 2.84. The van der Waals surface area contributed by atoms with E-state index in [0.717, 1.165) is 37.8 Å². The van der Waals surface area contributed by atoms with Crippen LogP contribution < -0.4 is 15.5 Å². The lowest BCUT2D eigenvalue weighted by atomic mass is 10.3. The van der Waals surface area contributed by atoms with Crippen LogP contribution in [0.5, 0.6) is 0 Å². The second-order valence-corrected chi connectivity index (χ2v) is 6.59.